The predicted molar refractivity (Wildman–Crippen MR) is 134 cm³/mol. The second-order valence-electron chi connectivity index (χ2n) is 8.71. The van der Waals surface area contributed by atoms with Gasteiger partial charge in [0.1, 0.15) is 29.8 Å². The van der Waals surface area contributed by atoms with Gasteiger partial charge < -0.3 is 24.3 Å². The third-order valence-electron chi connectivity index (χ3n) is 6.00. The van der Waals surface area contributed by atoms with Crippen molar-refractivity contribution >= 4 is 17.4 Å². The Bertz CT molecular complexity index is 1110. The zero-order valence-electron chi connectivity index (χ0n) is 20.4. The first kappa shape index (κ1) is 24.9. The molecule has 8 heteroatoms. The number of fused-ring (bicyclic) bond motifs is 1. The van der Waals surface area contributed by atoms with Crippen LogP contribution >= 0.6 is 0 Å². The molecule has 0 bridgehead atoms. The summed E-state index contributed by atoms with van der Waals surface area (Å²) in [6.07, 6.45) is 2.12. The average molecular weight is 481 g/mol. The molecule has 1 aliphatic heterocycles. The molecular formula is C27H33FN4O3. The van der Waals surface area contributed by atoms with E-state index in [1.165, 1.54) is 17.7 Å². The lowest BCUT2D eigenvalue weighted by molar-refractivity contribution is -0.138. The van der Waals surface area contributed by atoms with Gasteiger partial charge in [0.2, 0.25) is 5.91 Å². The number of aryl methyl sites for hydroxylation is 1. The molecule has 0 radical (unpaired) electrons. The van der Waals surface area contributed by atoms with Crippen molar-refractivity contribution in [1.29, 1.82) is 0 Å². The standard InChI is InChI=1S/C27H33FN4O3/c1-3-4-15-34-16-17-35-19-25(33)31-13-14-32-24(18-31)30-26(21-7-9-22(28)10-8-21)27(32)29-23-11-5-20(2)6-12-23/h5-12,29H,3-4,13-19H2,1-2H3. The third kappa shape index (κ3) is 6.46. The molecule has 1 amide bonds. The molecule has 1 N–H and O–H groups in total. The van der Waals surface area contributed by atoms with E-state index in [9.17, 15) is 9.18 Å². The molecule has 0 saturated carbocycles. The molecule has 1 aliphatic rings. The number of unbranched alkanes of at least 4 members (excludes halogenated alkanes) is 1. The van der Waals surface area contributed by atoms with E-state index < -0.39 is 0 Å². The van der Waals surface area contributed by atoms with Crippen molar-refractivity contribution in [3.63, 3.8) is 0 Å². The van der Waals surface area contributed by atoms with Gasteiger partial charge in [-0.15, -0.1) is 0 Å². The summed E-state index contributed by atoms with van der Waals surface area (Å²) in [5, 5.41) is 3.49. The summed E-state index contributed by atoms with van der Waals surface area (Å²) in [6, 6.07) is 14.4. The van der Waals surface area contributed by atoms with Crippen molar-refractivity contribution < 1.29 is 18.7 Å². The van der Waals surface area contributed by atoms with Gasteiger partial charge in [-0.2, -0.15) is 0 Å². The summed E-state index contributed by atoms with van der Waals surface area (Å²) in [7, 11) is 0. The van der Waals surface area contributed by atoms with Crippen LogP contribution in [0, 0.1) is 12.7 Å². The average Bonchev–Trinajstić information content (AvgIpc) is 3.22. The number of aromatic nitrogens is 2. The highest BCUT2D eigenvalue weighted by Gasteiger charge is 2.27. The normalized spacial score (nSPS) is 13.1. The molecule has 2 aromatic carbocycles. The molecule has 0 atom stereocenters. The topological polar surface area (TPSA) is 68.6 Å². The summed E-state index contributed by atoms with van der Waals surface area (Å²) in [6.45, 7) is 7.35. The van der Waals surface area contributed by atoms with Gasteiger partial charge in [0.25, 0.3) is 0 Å². The minimum absolute atomic E-state index is 0.0249. The SMILES string of the molecule is CCCCOCCOCC(=O)N1CCn2c(nc(-c3ccc(F)cc3)c2Nc2ccc(C)cc2)C1. The maximum absolute atomic E-state index is 13.6. The van der Waals surface area contributed by atoms with Gasteiger partial charge in [-0.3, -0.25) is 4.79 Å². The first-order valence-corrected chi connectivity index (χ1v) is 12.2. The van der Waals surface area contributed by atoms with E-state index in [0.29, 0.717) is 32.8 Å². The lowest BCUT2D eigenvalue weighted by Crippen LogP contribution is -2.40. The zero-order valence-corrected chi connectivity index (χ0v) is 20.4. The Morgan fingerprint density at radius 3 is 2.51 bits per heavy atom. The molecule has 3 aromatic rings. The van der Waals surface area contributed by atoms with Crippen LogP contribution in [-0.2, 0) is 27.4 Å². The highest BCUT2D eigenvalue weighted by atomic mass is 19.1. The number of anilines is 2. The fraction of sp³-hybridized carbons (Fsp3) is 0.407. The molecule has 35 heavy (non-hydrogen) atoms. The predicted octanol–water partition coefficient (Wildman–Crippen LogP) is 4.92. The van der Waals surface area contributed by atoms with Crippen molar-refractivity contribution in [1.82, 2.24) is 14.5 Å². The number of carbonyl (C=O) groups excluding carboxylic acids is 1. The number of carbonyl (C=O) groups is 1. The highest BCUT2D eigenvalue weighted by molar-refractivity contribution is 5.79. The number of imidazole rings is 1. The van der Waals surface area contributed by atoms with E-state index >= 15 is 0 Å². The van der Waals surface area contributed by atoms with Gasteiger partial charge >= 0.3 is 0 Å². The van der Waals surface area contributed by atoms with Crippen LogP contribution < -0.4 is 5.32 Å². The molecule has 186 valence electrons. The van der Waals surface area contributed by atoms with Gasteiger partial charge in [0.15, 0.2) is 0 Å². The molecule has 4 rings (SSSR count). The van der Waals surface area contributed by atoms with E-state index in [-0.39, 0.29) is 18.3 Å². The number of hydrogen-bond acceptors (Lipinski definition) is 5. The first-order valence-electron chi connectivity index (χ1n) is 12.2. The van der Waals surface area contributed by atoms with Crippen molar-refractivity contribution in [2.45, 2.75) is 39.8 Å². The number of benzene rings is 2. The Balaban J connectivity index is 1.46. The number of nitrogens with one attached hydrogen (secondary N) is 1. The van der Waals surface area contributed by atoms with Crippen molar-refractivity contribution in [2.75, 3.05) is 38.3 Å². The summed E-state index contributed by atoms with van der Waals surface area (Å²) in [4.78, 5) is 19.4. The minimum atomic E-state index is -0.293. The smallest absolute Gasteiger partial charge is 0.249 e. The fourth-order valence-corrected chi connectivity index (χ4v) is 3.97. The van der Waals surface area contributed by atoms with E-state index in [1.54, 1.807) is 17.0 Å². The first-order chi connectivity index (χ1) is 17.0. The molecule has 0 spiro atoms. The summed E-state index contributed by atoms with van der Waals surface area (Å²) >= 11 is 0. The number of nitrogens with zero attached hydrogens (tertiary/aromatic N) is 3. The molecule has 0 unspecified atom stereocenters. The maximum atomic E-state index is 13.6. The number of rotatable bonds is 11. The van der Waals surface area contributed by atoms with Crippen molar-refractivity contribution in [2.24, 2.45) is 0 Å². The van der Waals surface area contributed by atoms with Crippen molar-refractivity contribution in [3.8, 4) is 11.3 Å². The molecular weight excluding hydrogens is 447 g/mol. The van der Waals surface area contributed by atoms with Crippen LogP contribution in [-0.4, -0.2) is 53.3 Å². The lowest BCUT2D eigenvalue weighted by atomic mass is 10.1. The van der Waals surface area contributed by atoms with E-state index in [0.717, 1.165) is 48.0 Å². The monoisotopic (exact) mass is 480 g/mol. The Morgan fingerprint density at radius 1 is 1.03 bits per heavy atom. The molecule has 2 heterocycles. The van der Waals surface area contributed by atoms with Crippen LogP contribution in [0.3, 0.4) is 0 Å². The second kappa shape index (κ2) is 12.0. The summed E-state index contributed by atoms with van der Waals surface area (Å²) in [5.74, 6) is 1.26. The maximum Gasteiger partial charge on any atom is 0.249 e. The quantitative estimate of drug-likeness (QED) is 0.395. The van der Waals surface area contributed by atoms with Gasteiger partial charge in [0.05, 0.1) is 19.8 Å². The van der Waals surface area contributed by atoms with Crippen LogP contribution in [0.2, 0.25) is 0 Å². The number of ether oxygens (including phenoxy) is 2. The number of halogens is 1. The largest absolute Gasteiger partial charge is 0.379 e. The van der Waals surface area contributed by atoms with Gasteiger partial charge in [-0.05, 0) is 49.7 Å². The summed E-state index contributed by atoms with van der Waals surface area (Å²) < 4.78 is 26.7. The van der Waals surface area contributed by atoms with Crippen LogP contribution in [0.4, 0.5) is 15.9 Å². The Kier molecular flexibility index (Phi) is 8.50. The van der Waals surface area contributed by atoms with E-state index in [2.05, 4.69) is 16.8 Å². The summed E-state index contributed by atoms with van der Waals surface area (Å²) in [5.41, 5.74) is 3.66. The minimum Gasteiger partial charge on any atom is -0.379 e. The van der Waals surface area contributed by atoms with Crippen LogP contribution in [0.1, 0.15) is 31.2 Å². The number of amides is 1. The van der Waals surface area contributed by atoms with Gasteiger partial charge in [0, 0.05) is 30.9 Å². The molecule has 0 aliphatic carbocycles. The Hall–Kier alpha value is -3.23. The Labute approximate surface area is 205 Å². The van der Waals surface area contributed by atoms with Gasteiger partial charge in [-0.1, -0.05) is 31.0 Å². The van der Waals surface area contributed by atoms with Crippen molar-refractivity contribution in [3.05, 3.63) is 65.7 Å². The van der Waals surface area contributed by atoms with Crippen LogP contribution in [0.5, 0.6) is 0 Å². The van der Waals surface area contributed by atoms with Gasteiger partial charge in [-0.25, -0.2) is 9.37 Å². The second-order valence-corrected chi connectivity index (χ2v) is 8.71. The molecule has 7 nitrogen and oxygen atoms in total. The molecule has 0 saturated heterocycles. The Morgan fingerprint density at radius 2 is 1.77 bits per heavy atom. The molecule has 1 aromatic heterocycles. The third-order valence-corrected chi connectivity index (χ3v) is 6.00. The number of hydrogen-bond donors (Lipinski definition) is 1. The zero-order chi connectivity index (χ0) is 24.6. The van der Waals surface area contributed by atoms with E-state index in [4.69, 9.17) is 14.5 Å². The van der Waals surface area contributed by atoms with Crippen LogP contribution in [0.25, 0.3) is 11.3 Å². The lowest BCUT2D eigenvalue weighted by Gasteiger charge is -2.28. The fourth-order valence-electron chi connectivity index (χ4n) is 3.97. The van der Waals surface area contributed by atoms with Crippen LogP contribution in [0.15, 0.2) is 48.5 Å². The van der Waals surface area contributed by atoms with E-state index in [1.807, 2.05) is 31.2 Å². The molecule has 0 fully saturated rings. The highest BCUT2D eigenvalue weighted by Crippen LogP contribution is 2.33.